The van der Waals surface area contributed by atoms with Crippen molar-refractivity contribution in [3.8, 4) is 72.9 Å². The number of carboxylic acids is 1. The second kappa shape index (κ2) is 35.4. The van der Waals surface area contributed by atoms with E-state index < -0.39 is 101 Å². The molecule has 0 spiro atoms. The Balaban J connectivity index is 0.000000181. The number of carbonyl (C=O) groups excluding carboxylic acids is 2. The number of ether oxygens (including phenoxy) is 8. The van der Waals surface area contributed by atoms with Crippen molar-refractivity contribution in [3.05, 3.63) is 220 Å². The normalized spacial score (nSPS) is 14.3. The molecule has 111 heavy (non-hydrogen) atoms. The second-order valence-corrected chi connectivity index (χ2v) is 29.3. The van der Waals surface area contributed by atoms with E-state index in [9.17, 15) is 59.0 Å². The number of alkyl halides is 9. The number of esters is 2. The number of nitrogens with zero attached hydrogens (tertiary/aromatic N) is 3. The molecule has 3 unspecified atom stereocenters. The van der Waals surface area contributed by atoms with Crippen molar-refractivity contribution < 1.29 is 107 Å². The first-order chi connectivity index (χ1) is 52.2. The van der Waals surface area contributed by atoms with Crippen LogP contribution < -0.4 is 19.7 Å². The molecule has 3 aliphatic heterocycles. The van der Waals surface area contributed by atoms with Crippen LogP contribution in [0.5, 0.6) is 17.2 Å². The van der Waals surface area contributed by atoms with Gasteiger partial charge < -0.3 is 53.0 Å². The molecular formula is C84H87BF9N3O14. The molecule has 3 atom stereocenters. The summed E-state index contributed by atoms with van der Waals surface area (Å²) < 4.78 is 173. The van der Waals surface area contributed by atoms with Crippen LogP contribution in [0.4, 0.5) is 39.5 Å². The number of hydrogen-bond donors (Lipinski definition) is 3. The van der Waals surface area contributed by atoms with E-state index in [0.717, 1.165) is 87.0 Å². The molecule has 0 saturated heterocycles. The first-order valence-corrected chi connectivity index (χ1v) is 35.6. The molecule has 3 N–H and O–H groups in total. The quantitative estimate of drug-likeness (QED) is 0.0493. The summed E-state index contributed by atoms with van der Waals surface area (Å²) in [6.07, 6.45) is -5.34. The SMILES string of the molecule is CC(C)(C)OC(C(=O)O)c1c(C(F)(F)F)ccc(-c2ccncc2)c1-c1ccc2c(c1)CCCO2.COC(=O)C(OC(C)(C)C)c1c(C(F)(F)F)ccc(-c2ccncc2)c1-c1ccc2c(c1)CCCO2.COC(=O)C(OC(C)(C)C)c1c(C(F)(F)F)ccc(C)c1-c1ccc2c(c1)CCCO2.OB(O)c1ccncc1. The van der Waals surface area contributed by atoms with Gasteiger partial charge in [0.15, 0.2) is 18.3 Å². The number of pyridine rings is 3. The van der Waals surface area contributed by atoms with E-state index in [1.54, 1.807) is 160 Å². The predicted molar refractivity (Wildman–Crippen MR) is 400 cm³/mol. The number of carbonyl (C=O) groups is 3. The van der Waals surface area contributed by atoms with Gasteiger partial charge in [0.25, 0.3) is 0 Å². The Morgan fingerprint density at radius 2 is 0.721 bits per heavy atom. The first-order valence-electron chi connectivity index (χ1n) is 35.6. The Bertz CT molecular complexity index is 4740. The minimum Gasteiger partial charge on any atom is -0.493 e. The van der Waals surface area contributed by atoms with Crippen molar-refractivity contribution in [2.75, 3.05) is 34.0 Å². The number of halogens is 9. The molecule has 6 heterocycles. The van der Waals surface area contributed by atoms with Crippen LogP contribution in [0.15, 0.2) is 165 Å². The fourth-order valence-corrected chi connectivity index (χ4v) is 13.1. The lowest BCUT2D eigenvalue weighted by Gasteiger charge is -2.31. The van der Waals surface area contributed by atoms with E-state index in [1.165, 1.54) is 43.0 Å². The van der Waals surface area contributed by atoms with Crippen molar-refractivity contribution in [2.45, 2.75) is 161 Å². The van der Waals surface area contributed by atoms with Crippen LogP contribution >= 0.6 is 0 Å². The number of methoxy groups -OCH3 is 2. The minimum atomic E-state index is -4.80. The minimum absolute atomic E-state index is 0.163. The van der Waals surface area contributed by atoms with E-state index in [4.69, 9.17) is 47.9 Å². The number of aliphatic carboxylic acids is 1. The van der Waals surface area contributed by atoms with Crippen LogP contribution in [0.3, 0.4) is 0 Å². The number of aromatic nitrogens is 3. The van der Waals surface area contributed by atoms with E-state index in [0.29, 0.717) is 93.3 Å². The number of hydrogen-bond acceptors (Lipinski definition) is 16. The molecule has 12 rings (SSSR count). The van der Waals surface area contributed by atoms with Crippen LogP contribution in [-0.4, -0.2) is 106 Å². The molecule has 588 valence electrons. The van der Waals surface area contributed by atoms with Gasteiger partial charge in [-0.05, 0) is 282 Å². The zero-order valence-electron chi connectivity index (χ0n) is 63.3. The highest BCUT2D eigenvalue weighted by atomic mass is 19.4. The van der Waals surface area contributed by atoms with Crippen molar-refractivity contribution in [1.29, 1.82) is 0 Å². The van der Waals surface area contributed by atoms with Gasteiger partial charge in [-0.3, -0.25) is 15.0 Å². The monoisotopic (exact) mass is 1540 g/mol. The van der Waals surface area contributed by atoms with Gasteiger partial charge in [-0.2, -0.15) is 39.5 Å². The maximum absolute atomic E-state index is 14.5. The van der Waals surface area contributed by atoms with Crippen molar-refractivity contribution in [1.82, 2.24) is 15.0 Å². The molecule has 3 aromatic heterocycles. The van der Waals surface area contributed by atoms with E-state index >= 15 is 0 Å². The number of fused-ring (bicyclic) bond motifs is 3. The number of rotatable bonds is 15. The lowest BCUT2D eigenvalue weighted by molar-refractivity contribution is -0.167. The molecular weight excluding hydrogens is 1460 g/mol. The molecule has 9 aromatic rings. The van der Waals surface area contributed by atoms with Gasteiger partial charge in [-0.25, -0.2) is 14.4 Å². The van der Waals surface area contributed by atoms with Crippen LogP contribution in [0, 0.1) is 6.92 Å². The highest BCUT2D eigenvalue weighted by molar-refractivity contribution is 6.58. The maximum Gasteiger partial charge on any atom is 0.488 e. The van der Waals surface area contributed by atoms with E-state index in [-0.39, 0.29) is 22.3 Å². The molecule has 0 bridgehead atoms. The third-order valence-corrected chi connectivity index (χ3v) is 17.7. The molecule has 6 aromatic carbocycles. The van der Waals surface area contributed by atoms with Crippen molar-refractivity contribution in [2.24, 2.45) is 0 Å². The van der Waals surface area contributed by atoms with Gasteiger partial charge in [0.05, 0.1) is 67.5 Å². The smallest absolute Gasteiger partial charge is 0.488 e. The summed E-state index contributed by atoms with van der Waals surface area (Å²) in [6, 6.07) is 32.9. The average molecular weight is 1540 g/mol. The summed E-state index contributed by atoms with van der Waals surface area (Å²) in [4.78, 5) is 49.8. The fraction of sp³-hybridized carbons (Fsp3) is 0.357. The van der Waals surface area contributed by atoms with Crippen LogP contribution in [0.2, 0.25) is 0 Å². The lowest BCUT2D eigenvalue weighted by atomic mass is 9.81. The topological polar surface area (TPSA) is 224 Å². The van der Waals surface area contributed by atoms with E-state index in [1.807, 2.05) is 12.1 Å². The summed E-state index contributed by atoms with van der Waals surface area (Å²) in [5.41, 5.74) is 1.61. The molecule has 0 aliphatic carbocycles. The summed E-state index contributed by atoms with van der Waals surface area (Å²) in [7, 11) is 0.894. The number of aryl methyl sites for hydroxylation is 4. The van der Waals surface area contributed by atoms with Crippen molar-refractivity contribution >= 4 is 30.5 Å². The summed E-state index contributed by atoms with van der Waals surface area (Å²) in [5, 5.41) is 27.2. The highest BCUT2D eigenvalue weighted by Crippen LogP contribution is 2.51. The standard InChI is InChI=1S/C28H28F3NO4.C27H26F3NO4.C24H27F3O4.C5H6BNO2/c1-27(2,3)36-25(26(33)34-4)24-21(28(29,30)31)9-8-20(17-11-13-32-14-12-17)23(24)19-7-10-22-18(16-19)6-5-15-35-22;1-26(2,3)35-24(25(32)33)23-20(27(28,29)30)8-7-19(16-10-12-31-13-11-16)22(23)18-6-9-21-17(15-18)5-4-14-34-21;1-14-8-10-17(24(25,26)27)20(21(22(28)29-5)31-23(2,3)4)19(14)16-9-11-18-15(13-16)7-6-12-30-18;8-6(9)5-1-3-7-4-2-5/h7-14,16,25H,5-6,15H2,1-4H3;6-13,15,24H,4-5,14H2,1-3H3,(H,32,33);8-11,13,21H,6-7,12H2,1-5H3;1-4,8-9H. The first kappa shape index (κ1) is 84.8. The van der Waals surface area contributed by atoms with Gasteiger partial charge >= 0.3 is 43.6 Å². The van der Waals surface area contributed by atoms with Gasteiger partial charge in [0.2, 0.25) is 0 Å². The van der Waals surface area contributed by atoms with Crippen molar-refractivity contribution in [3.63, 3.8) is 0 Å². The maximum atomic E-state index is 14.5. The Hall–Kier alpha value is -10.2. The summed E-state index contributed by atoms with van der Waals surface area (Å²) in [6.45, 7) is 18.4. The summed E-state index contributed by atoms with van der Waals surface area (Å²) >= 11 is 0. The lowest BCUT2D eigenvalue weighted by Crippen LogP contribution is -2.30. The zero-order valence-corrected chi connectivity index (χ0v) is 63.3. The number of carboxylic acid groups (broad SMARTS) is 1. The van der Waals surface area contributed by atoms with Gasteiger partial charge in [-0.15, -0.1) is 0 Å². The largest absolute Gasteiger partial charge is 0.493 e. The molecule has 0 radical (unpaired) electrons. The van der Waals surface area contributed by atoms with Gasteiger partial charge in [0.1, 0.15) is 17.2 Å². The third kappa shape index (κ3) is 21.7. The van der Waals surface area contributed by atoms with Crippen LogP contribution in [0.1, 0.15) is 156 Å². The Morgan fingerprint density at radius 3 is 1.03 bits per heavy atom. The number of benzene rings is 6. The summed E-state index contributed by atoms with van der Waals surface area (Å²) in [5.74, 6) is -1.17. The molecule has 27 heteroatoms. The predicted octanol–water partition coefficient (Wildman–Crippen LogP) is 18.3. The third-order valence-electron chi connectivity index (χ3n) is 17.7. The van der Waals surface area contributed by atoms with Crippen LogP contribution in [-0.2, 0) is 75.9 Å². The average Bonchev–Trinajstić information content (AvgIpc) is 0.759. The van der Waals surface area contributed by atoms with Gasteiger partial charge in [-0.1, -0.05) is 36.4 Å². The molecule has 0 amide bonds. The zero-order chi connectivity index (χ0) is 81.1. The Labute approximate surface area is 638 Å². The molecule has 0 saturated carbocycles. The molecule has 0 fully saturated rings. The molecule has 17 nitrogen and oxygen atoms in total. The van der Waals surface area contributed by atoms with E-state index in [2.05, 4.69) is 15.0 Å². The Kier molecular flexibility index (Phi) is 27.1. The second-order valence-electron chi connectivity index (χ2n) is 29.3. The van der Waals surface area contributed by atoms with Crippen LogP contribution in [0.25, 0.3) is 55.6 Å². The Morgan fingerprint density at radius 1 is 0.414 bits per heavy atom. The molecule has 3 aliphatic rings. The van der Waals surface area contributed by atoms with Gasteiger partial charge in [0, 0.05) is 53.9 Å². The highest BCUT2D eigenvalue weighted by Gasteiger charge is 2.45. The fourth-order valence-electron chi connectivity index (χ4n) is 13.1.